The van der Waals surface area contributed by atoms with Crippen molar-refractivity contribution in [2.75, 3.05) is 0 Å². The molecule has 206 valence electrons. The van der Waals surface area contributed by atoms with Gasteiger partial charge in [-0.2, -0.15) is 0 Å². The predicted molar refractivity (Wildman–Crippen MR) is 155 cm³/mol. The third-order valence-electron chi connectivity index (χ3n) is 8.15. The number of rotatable bonds is 10. The van der Waals surface area contributed by atoms with Crippen LogP contribution in [0.5, 0.6) is 0 Å². The molecule has 1 fully saturated rings. The first-order valence-corrected chi connectivity index (χ1v) is 14.0. The summed E-state index contributed by atoms with van der Waals surface area (Å²) in [5, 5.41) is 9.67. The molecule has 5 rings (SSSR count). The Labute approximate surface area is 232 Å². The van der Waals surface area contributed by atoms with Gasteiger partial charge < -0.3 is 5.11 Å². The van der Waals surface area contributed by atoms with Crippen LogP contribution in [0.15, 0.2) is 88.5 Å². The van der Waals surface area contributed by atoms with Gasteiger partial charge >= 0.3 is 11.7 Å². The van der Waals surface area contributed by atoms with E-state index in [1.165, 1.54) is 22.3 Å². The van der Waals surface area contributed by atoms with Crippen LogP contribution in [-0.4, -0.2) is 26.0 Å². The SMILES string of the molecule is O=C(O)c1ccc(Cn2c(=O)n(CC3CCC(C(=O)CCCc4ccccc4)CC3)c(=O)c3ccccc32)cc1. The summed E-state index contributed by atoms with van der Waals surface area (Å²) in [6, 6.07) is 23.7. The summed E-state index contributed by atoms with van der Waals surface area (Å²) in [5.41, 5.74) is 2.09. The molecule has 40 heavy (non-hydrogen) atoms. The highest BCUT2D eigenvalue weighted by Crippen LogP contribution is 2.31. The van der Waals surface area contributed by atoms with Gasteiger partial charge in [-0.15, -0.1) is 0 Å². The second kappa shape index (κ2) is 12.3. The molecule has 1 aromatic heterocycles. The van der Waals surface area contributed by atoms with Gasteiger partial charge in [-0.05, 0) is 79.8 Å². The maximum Gasteiger partial charge on any atom is 0.335 e. The first-order valence-electron chi connectivity index (χ1n) is 14.0. The number of fused-ring (bicyclic) bond motifs is 1. The number of nitrogens with zero attached hydrogens (tertiary/aromatic N) is 2. The summed E-state index contributed by atoms with van der Waals surface area (Å²) < 4.78 is 2.94. The van der Waals surface area contributed by atoms with E-state index in [1.807, 2.05) is 18.2 Å². The van der Waals surface area contributed by atoms with Crippen molar-refractivity contribution >= 4 is 22.7 Å². The van der Waals surface area contributed by atoms with Crippen molar-refractivity contribution in [2.24, 2.45) is 11.8 Å². The van der Waals surface area contributed by atoms with E-state index in [9.17, 15) is 24.3 Å². The van der Waals surface area contributed by atoms with Gasteiger partial charge in [0.1, 0.15) is 5.78 Å². The molecule has 0 unspecified atom stereocenters. The number of benzene rings is 3. The topological polar surface area (TPSA) is 98.4 Å². The number of aromatic nitrogens is 2. The van der Waals surface area contributed by atoms with Crippen molar-refractivity contribution in [1.29, 1.82) is 0 Å². The number of carboxylic acids is 1. The van der Waals surface area contributed by atoms with Crippen molar-refractivity contribution in [2.45, 2.75) is 58.0 Å². The number of para-hydroxylation sites is 1. The molecule has 4 aromatic rings. The van der Waals surface area contributed by atoms with Crippen LogP contribution in [0, 0.1) is 11.8 Å². The van der Waals surface area contributed by atoms with E-state index < -0.39 is 5.97 Å². The fourth-order valence-electron chi connectivity index (χ4n) is 5.86. The standard InChI is InChI=1S/C33H34N2O5/c36-30(12-6-9-23-7-2-1-3-8-23)26-17-13-25(14-18-26)22-35-31(37)28-10-4-5-11-29(28)34(33(35)40)21-24-15-19-27(20-16-24)32(38)39/h1-5,7-8,10-11,15-16,19-20,25-26H,6,9,12-14,17-18,21-22H2,(H,38,39). The van der Waals surface area contributed by atoms with Gasteiger partial charge in [-0.25, -0.2) is 9.59 Å². The molecular weight excluding hydrogens is 504 g/mol. The lowest BCUT2D eigenvalue weighted by molar-refractivity contribution is -0.124. The van der Waals surface area contributed by atoms with Gasteiger partial charge in [-0.3, -0.25) is 18.7 Å². The first-order chi connectivity index (χ1) is 19.4. The lowest BCUT2D eigenvalue weighted by Crippen LogP contribution is -2.42. The molecule has 7 nitrogen and oxygen atoms in total. The van der Waals surface area contributed by atoms with E-state index in [2.05, 4.69) is 12.1 Å². The Morgan fingerprint density at radius 1 is 0.775 bits per heavy atom. The second-order valence-electron chi connectivity index (χ2n) is 10.8. The van der Waals surface area contributed by atoms with E-state index in [0.29, 0.717) is 29.7 Å². The molecule has 7 heteroatoms. The van der Waals surface area contributed by atoms with E-state index in [0.717, 1.165) is 44.1 Å². The van der Waals surface area contributed by atoms with Crippen LogP contribution in [0.3, 0.4) is 0 Å². The summed E-state index contributed by atoms with van der Waals surface area (Å²) in [4.78, 5) is 51.1. The number of carbonyl (C=O) groups is 2. The maximum absolute atomic E-state index is 13.6. The van der Waals surface area contributed by atoms with Crippen LogP contribution in [-0.2, 0) is 24.3 Å². The minimum Gasteiger partial charge on any atom is -0.478 e. The van der Waals surface area contributed by atoms with Gasteiger partial charge in [-0.1, -0.05) is 54.6 Å². The lowest BCUT2D eigenvalue weighted by Gasteiger charge is -2.28. The molecule has 0 spiro atoms. The predicted octanol–water partition coefficient (Wildman–Crippen LogP) is 5.31. The Hall–Kier alpha value is -4.26. The van der Waals surface area contributed by atoms with Crippen LogP contribution in [0.2, 0.25) is 0 Å². The summed E-state index contributed by atoms with van der Waals surface area (Å²) >= 11 is 0. The number of hydrogen-bond donors (Lipinski definition) is 1. The molecule has 0 bridgehead atoms. The Morgan fingerprint density at radius 3 is 2.15 bits per heavy atom. The first kappa shape index (κ1) is 27.3. The fourth-order valence-corrected chi connectivity index (χ4v) is 5.86. The van der Waals surface area contributed by atoms with Gasteiger partial charge in [0.15, 0.2) is 0 Å². The number of carboxylic acid groups (broad SMARTS) is 1. The maximum atomic E-state index is 13.6. The molecule has 0 atom stereocenters. The molecule has 1 aliphatic carbocycles. The molecule has 0 aliphatic heterocycles. The number of aryl methyl sites for hydroxylation is 1. The smallest absolute Gasteiger partial charge is 0.335 e. The van der Waals surface area contributed by atoms with Gasteiger partial charge in [0.25, 0.3) is 5.56 Å². The van der Waals surface area contributed by atoms with E-state index in [1.54, 1.807) is 41.0 Å². The van der Waals surface area contributed by atoms with Crippen molar-refractivity contribution < 1.29 is 14.7 Å². The molecule has 3 aromatic carbocycles. The van der Waals surface area contributed by atoms with Crippen molar-refractivity contribution in [3.8, 4) is 0 Å². The minimum absolute atomic E-state index is 0.0609. The Morgan fingerprint density at radius 2 is 1.45 bits per heavy atom. The summed E-state index contributed by atoms with van der Waals surface area (Å²) in [6.45, 7) is 0.555. The number of carbonyl (C=O) groups excluding carboxylic acids is 1. The number of ketones is 1. The molecule has 1 N–H and O–H groups in total. The highest BCUT2D eigenvalue weighted by atomic mass is 16.4. The van der Waals surface area contributed by atoms with E-state index >= 15 is 0 Å². The van der Waals surface area contributed by atoms with Crippen LogP contribution in [0.25, 0.3) is 10.9 Å². The average Bonchev–Trinajstić information content (AvgIpc) is 2.98. The minimum atomic E-state index is -1.01. The zero-order chi connectivity index (χ0) is 28.1. The largest absolute Gasteiger partial charge is 0.478 e. The zero-order valence-corrected chi connectivity index (χ0v) is 22.5. The quantitative estimate of drug-likeness (QED) is 0.295. The third-order valence-corrected chi connectivity index (χ3v) is 8.15. The molecule has 0 saturated heterocycles. The molecule has 0 amide bonds. The van der Waals surface area contributed by atoms with Crippen LogP contribution >= 0.6 is 0 Å². The molecule has 0 radical (unpaired) electrons. The monoisotopic (exact) mass is 538 g/mol. The van der Waals surface area contributed by atoms with E-state index in [4.69, 9.17) is 0 Å². The number of hydrogen-bond acceptors (Lipinski definition) is 4. The Bertz CT molecular complexity index is 1610. The lowest BCUT2D eigenvalue weighted by atomic mass is 9.79. The van der Waals surface area contributed by atoms with Crippen LogP contribution in [0.1, 0.15) is 60.0 Å². The molecule has 1 aliphatic rings. The molecule has 1 saturated carbocycles. The van der Waals surface area contributed by atoms with Crippen LogP contribution in [0.4, 0.5) is 0 Å². The van der Waals surface area contributed by atoms with Crippen molar-refractivity contribution in [3.63, 3.8) is 0 Å². The molecule has 1 heterocycles. The van der Waals surface area contributed by atoms with E-state index in [-0.39, 0.29) is 35.2 Å². The normalized spacial score (nSPS) is 17.1. The van der Waals surface area contributed by atoms with Crippen LogP contribution < -0.4 is 11.2 Å². The second-order valence-corrected chi connectivity index (χ2v) is 10.8. The highest BCUT2D eigenvalue weighted by molar-refractivity contribution is 5.87. The summed E-state index contributed by atoms with van der Waals surface area (Å²) in [7, 11) is 0. The average molecular weight is 539 g/mol. The zero-order valence-electron chi connectivity index (χ0n) is 22.5. The Kier molecular flexibility index (Phi) is 8.39. The fraction of sp³-hybridized carbons (Fsp3) is 0.333. The van der Waals surface area contributed by atoms with Gasteiger partial charge in [0.05, 0.1) is 23.0 Å². The highest BCUT2D eigenvalue weighted by Gasteiger charge is 2.27. The number of Topliss-reactive ketones (excluding diaryl/α,β-unsaturated/α-hetero) is 1. The van der Waals surface area contributed by atoms with Crippen molar-refractivity contribution in [1.82, 2.24) is 9.13 Å². The number of aromatic carboxylic acids is 1. The van der Waals surface area contributed by atoms with Gasteiger partial charge in [0, 0.05) is 18.9 Å². The summed E-state index contributed by atoms with van der Waals surface area (Å²) in [5.74, 6) is -0.464. The molecular formula is C33H34N2O5. The van der Waals surface area contributed by atoms with Gasteiger partial charge in [0.2, 0.25) is 0 Å². The van der Waals surface area contributed by atoms with Crippen molar-refractivity contribution in [3.05, 3.63) is 116 Å². The third kappa shape index (κ3) is 6.14. The Balaban J connectivity index is 1.27. The summed E-state index contributed by atoms with van der Waals surface area (Å²) in [6.07, 6.45) is 5.56.